The zero-order chi connectivity index (χ0) is 12.1. The minimum atomic E-state index is 0.933. The molecule has 0 bridgehead atoms. The van der Waals surface area contributed by atoms with Gasteiger partial charge >= 0.3 is 0 Å². The standard InChI is InChI=1S/C16H32/c1-6-7-8-13(3)14(4)11-16-10-12(2)9-15(16)5/h12-16H,6-11H2,1-5H3. The third-order valence-corrected chi connectivity index (χ3v) is 4.94. The van der Waals surface area contributed by atoms with Crippen molar-refractivity contribution in [3.63, 3.8) is 0 Å². The predicted octanol–water partition coefficient (Wildman–Crippen LogP) is 5.52. The summed E-state index contributed by atoms with van der Waals surface area (Å²) < 4.78 is 0. The molecule has 0 radical (unpaired) electrons. The van der Waals surface area contributed by atoms with Gasteiger partial charge in [0.05, 0.1) is 0 Å². The van der Waals surface area contributed by atoms with Crippen molar-refractivity contribution in [2.75, 3.05) is 0 Å². The van der Waals surface area contributed by atoms with Crippen LogP contribution in [0.25, 0.3) is 0 Å². The monoisotopic (exact) mass is 224 g/mol. The largest absolute Gasteiger partial charge is 0.0654 e. The van der Waals surface area contributed by atoms with Crippen molar-refractivity contribution in [3.8, 4) is 0 Å². The van der Waals surface area contributed by atoms with Crippen molar-refractivity contribution in [1.82, 2.24) is 0 Å². The first-order valence-corrected chi connectivity index (χ1v) is 7.54. The predicted molar refractivity (Wildman–Crippen MR) is 73.5 cm³/mol. The molecule has 1 fully saturated rings. The van der Waals surface area contributed by atoms with E-state index in [0.717, 1.165) is 29.6 Å². The van der Waals surface area contributed by atoms with E-state index in [0.29, 0.717) is 0 Å². The molecule has 0 spiro atoms. The summed E-state index contributed by atoms with van der Waals surface area (Å²) in [5, 5.41) is 0. The molecular formula is C16H32. The van der Waals surface area contributed by atoms with Crippen LogP contribution in [0.15, 0.2) is 0 Å². The van der Waals surface area contributed by atoms with Crippen molar-refractivity contribution in [1.29, 1.82) is 0 Å². The molecule has 0 heteroatoms. The van der Waals surface area contributed by atoms with Gasteiger partial charge in [-0.3, -0.25) is 0 Å². The Morgan fingerprint density at radius 2 is 1.75 bits per heavy atom. The SMILES string of the molecule is CCCCC(C)C(C)CC1CC(C)CC1C. The van der Waals surface area contributed by atoms with E-state index in [4.69, 9.17) is 0 Å². The molecule has 16 heavy (non-hydrogen) atoms. The molecule has 5 atom stereocenters. The van der Waals surface area contributed by atoms with Crippen LogP contribution >= 0.6 is 0 Å². The van der Waals surface area contributed by atoms with Crippen LogP contribution in [-0.2, 0) is 0 Å². The highest BCUT2D eigenvalue weighted by molar-refractivity contribution is 4.81. The Morgan fingerprint density at radius 1 is 1.06 bits per heavy atom. The molecule has 0 aromatic rings. The van der Waals surface area contributed by atoms with E-state index in [1.54, 1.807) is 0 Å². The molecule has 0 amide bonds. The molecule has 0 heterocycles. The topological polar surface area (TPSA) is 0 Å². The molecule has 1 aliphatic rings. The fourth-order valence-electron chi connectivity index (χ4n) is 3.52. The van der Waals surface area contributed by atoms with Gasteiger partial charge in [0.25, 0.3) is 0 Å². The highest BCUT2D eigenvalue weighted by Crippen LogP contribution is 2.40. The van der Waals surface area contributed by atoms with Crippen LogP contribution < -0.4 is 0 Å². The first-order chi connectivity index (χ1) is 7.54. The maximum atomic E-state index is 2.48. The summed E-state index contributed by atoms with van der Waals surface area (Å²) in [6.07, 6.45) is 8.66. The molecule has 5 unspecified atom stereocenters. The highest BCUT2D eigenvalue weighted by Gasteiger charge is 2.30. The maximum Gasteiger partial charge on any atom is -0.0383 e. The number of hydrogen-bond acceptors (Lipinski definition) is 0. The Bertz CT molecular complexity index is 184. The smallest absolute Gasteiger partial charge is 0.0383 e. The Morgan fingerprint density at radius 3 is 2.25 bits per heavy atom. The van der Waals surface area contributed by atoms with E-state index in [1.807, 2.05) is 0 Å². The van der Waals surface area contributed by atoms with Crippen LogP contribution in [-0.4, -0.2) is 0 Å². The van der Waals surface area contributed by atoms with Gasteiger partial charge in [0, 0.05) is 0 Å². The summed E-state index contributed by atoms with van der Waals surface area (Å²) in [6, 6.07) is 0. The van der Waals surface area contributed by atoms with E-state index in [-0.39, 0.29) is 0 Å². The average molecular weight is 224 g/mol. The van der Waals surface area contributed by atoms with Gasteiger partial charge in [-0.2, -0.15) is 0 Å². The molecule has 0 aromatic heterocycles. The Balaban J connectivity index is 2.30. The van der Waals surface area contributed by atoms with Gasteiger partial charge in [0.1, 0.15) is 0 Å². The molecule has 0 aromatic carbocycles. The quantitative estimate of drug-likeness (QED) is 0.557. The lowest BCUT2D eigenvalue weighted by Gasteiger charge is -2.25. The van der Waals surface area contributed by atoms with Gasteiger partial charge in [-0.15, -0.1) is 0 Å². The van der Waals surface area contributed by atoms with E-state index in [2.05, 4.69) is 34.6 Å². The zero-order valence-corrected chi connectivity index (χ0v) is 12.1. The van der Waals surface area contributed by atoms with Crippen LogP contribution in [0, 0.1) is 29.6 Å². The minimum absolute atomic E-state index is 0.933. The molecular weight excluding hydrogens is 192 g/mol. The fourth-order valence-corrected chi connectivity index (χ4v) is 3.52. The third-order valence-electron chi connectivity index (χ3n) is 4.94. The summed E-state index contributed by atoms with van der Waals surface area (Å²) in [7, 11) is 0. The minimum Gasteiger partial charge on any atom is -0.0654 e. The highest BCUT2D eigenvalue weighted by atomic mass is 14.4. The van der Waals surface area contributed by atoms with E-state index in [1.165, 1.54) is 38.5 Å². The van der Waals surface area contributed by atoms with Gasteiger partial charge < -0.3 is 0 Å². The molecule has 96 valence electrons. The van der Waals surface area contributed by atoms with Gasteiger partial charge in [-0.05, 0) is 48.9 Å². The maximum absolute atomic E-state index is 2.48. The van der Waals surface area contributed by atoms with Gasteiger partial charge in [0.2, 0.25) is 0 Å². The lowest BCUT2D eigenvalue weighted by molar-refractivity contribution is 0.257. The van der Waals surface area contributed by atoms with E-state index < -0.39 is 0 Å². The molecule has 1 saturated carbocycles. The third kappa shape index (κ3) is 4.11. The summed E-state index contributed by atoms with van der Waals surface area (Å²) in [5.74, 6) is 4.86. The van der Waals surface area contributed by atoms with Crippen LogP contribution in [0.5, 0.6) is 0 Å². The lowest BCUT2D eigenvalue weighted by Crippen LogP contribution is -2.15. The second-order valence-corrected chi connectivity index (χ2v) is 6.65. The van der Waals surface area contributed by atoms with E-state index in [9.17, 15) is 0 Å². The second kappa shape index (κ2) is 6.67. The van der Waals surface area contributed by atoms with Crippen molar-refractivity contribution in [2.24, 2.45) is 29.6 Å². The summed E-state index contributed by atoms with van der Waals surface area (Å²) in [4.78, 5) is 0. The van der Waals surface area contributed by atoms with Gasteiger partial charge in [0.15, 0.2) is 0 Å². The Labute approximate surface area is 103 Å². The zero-order valence-electron chi connectivity index (χ0n) is 12.1. The van der Waals surface area contributed by atoms with Crippen molar-refractivity contribution in [2.45, 2.75) is 73.1 Å². The Kier molecular flexibility index (Phi) is 5.86. The van der Waals surface area contributed by atoms with E-state index >= 15 is 0 Å². The van der Waals surface area contributed by atoms with Crippen LogP contribution in [0.4, 0.5) is 0 Å². The summed E-state index contributed by atoms with van der Waals surface area (Å²) in [5.41, 5.74) is 0. The molecule has 0 N–H and O–H groups in total. The summed E-state index contributed by atoms with van der Waals surface area (Å²) in [6.45, 7) is 12.1. The molecule has 0 nitrogen and oxygen atoms in total. The number of unbranched alkanes of at least 4 members (excludes halogenated alkanes) is 1. The lowest BCUT2D eigenvalue weighted by atomic mass is 9.81. The second-order valence-electron chi connectivity index (χ2n) is 6.65. The molecule has 1 rings (SSSR count). The summed E-state index contributed by atoms with van der Waals surface area (Å²) >= 11 is 0. The number of hydrogen-bond donors (Lipinski definition) is 0. The van der Waals surface area contributed by atoms with Gasteiger partial charge in [-0.1, -0.05) is 53.9 Å². The first kappa shape index (κ1) is 14.1. The molecule has 1 aliphatic carbocycles. The van der Waals surface area contributed by atoms with Crippen LogP contribution in [0.3, 0.4) is 0 Å². The van der Waals surface area contributed by atoms with Gasteiger partial charge in [-0.25, -0.2) is 0 Å². The van der Waals surface area contributed by atoms with Crippen molar-refractivity contribution in [3.05, 3.63) is 0 Å². The van der Waals surface area contributed by atoms with Crippen molar-refractivity contribution < 1.29 is 0 Å². The first-order valence-electron chi connectivity index (χ1n) is 7.54. The average Bonchev–Trinajstić information content (AvgIpc) is 2.53. The fraction of sp³-hybridized carbons (Fsp3) is 1.00. The van der Waals surface area contributed by atoms with Crippen molar-refractivity contribution >= 4 is 0 Å². The molecule has 0 aliphatic heterocycles. The normalized spacial score (nSPS) is 33.9. The number of rotatable bonds is 6. The molecule has 0 saturated heterocycles. The Hall–Kier alpha value is 0. The van der Waals surface area contributed by atoms with Crippen LogP contribution in [0.2, 0.25) is 0 Å². The van der Waals surface area contributed by atoms with Crippen LogP contribution in [0.1, 0.15) is 73.1 Å².